The monoisotopic (exact) mass is 357 g/mol. The number of halogens is 1. The van der Waals surface area contributed by atoms with Crippen LogP contribution in [0.1, 0.15) is 9.75 Å². The molecule has 0 aliphatic rings. The van der Waals surface area contributed by atoms with Crippen LogP contribution in [-0.2, 0) is 12.8 Å². The van der Waals surface area contributed by atoms with Crippen molar-refractivity contribution in [1.82, 2.24) is 5.32 Å². The summed E-state index contributed by atoms with van der Waals surface area (Å²) in [4.78, 5) is 7.01. The van der Waals surface area contributed by atoms with Gasteiger partial charge in [-0.1, -0.05) is 6.07 Å². The Balaban J connectivity index is 1.64. The van der Waals surface area contributed by atoms with Crippen LogP contribution in [0.5, 0.6) is 0 Å². The molecular formula is C13H16BrN3S2. The molecule has 0 unspecified atom stereocenters. The summed E-state index contributed by atoms with van der Waals surface area (Å²) in [6, 6.07) is 8.38. The summed E-state index contributed by atoms with van der Waals surface area (Å²) >= 11 is 6.97. The first-order valence-corrected chi connectivity index (χ1v) is 8.53. The zero-order chi connectivity index (χ0) is 13.5. The van der Waals surface area contributed by atoms with Crippen LogP contribution in [0.15, 0.2) is 38.4 Å². The summed E-state index contributed by atoms with van der Waals surface area (Å²) in [7, 11) is 0. The van der Waals surface area contributed by atoms with Gasteiger partial charge in [-0.25, -0.2) is 0 Å². The van der Waals surface area contributed by atoms with Crippen LogP contribution < -0.4 is 11.1 Å². The first kappa shape index (κ1) is 14.6. The quantitative estimate of drug-likeness (QED) is 0.615. The molecule has 19 heavy (non-hydrogen) atoms. The summed E-state index contributed by atoms with van der Waals surface area (Å²) in [6.07, 6.45) is 1.93. The fourth-order valence-electron chi connectivity index (χ4n) is 1.60. The molecule has 6 heteroatoms. The van der Waals surface area contributed by atoms with E-state index >= 15 is 0 Å². The Hall–Kier alpha value is -0.850. The van der Waals surface area contributed by atoms with E-state index in [1.165, 1.54) is 13.5 Å². The number of hydrogen-bond donors (Lipinski definition) is 2. The van der Waals surface area contributed by atoms with Crippen molar-refractivity contribution < 1.29 is 0 Å². The van der Waals surface area contributed by atoms with Crippen molar-refractivity contribution in [2.24, 2.45) is 10.7 Å². The van der Waals surface area contributed by atoms with E-state index in [4.69, 9.17) is 5.73 Å². The van der Waals surface area contributed by atoms with E-state index in [1.54, 1.807) is 22.7 Å². The Morgan fingerprint density at radius 2 is 2.16 bits per heavy atom. The average Bonchev–Trinajstić information content (AvgIpc) is 3.01. The molecule has 0 saturated carbocycles. The van der Waals surface area contributed by atoms with Gasteiger partial charge >= 0.3 is 0 Å². The molecule has 0 aliphatic heterocycles. The molecule has 102 valence electrons. The van der Waals surface area contributed by atoms with Crippen LogP contribution in [0, 0.1) is 0 Å². The van der Waals surface area contributed by atoms with Gasteiger partial charge in [0.15, 0.2) is 5.96 Å². The zero-order valence-electron chi connectivity index (χ0n) is 10.4. The number of rotatable bonds is 6. The lowest BCUT2D eigenvalue weighted by molar-refractivity contribution is 0.854. The number of nitrogens with one attached hydrogen (secondary N) is 1. The molecule has 0 saturated heterocycles. The van der Waals surface area contributed by atoms with Crippen LogP contribution in [0.4, 0.5) is 0 Å². The number of nitrogens with two attached hydrogens (primary N) is 1. The van der Waals surface area contributed by atoms with Crippen molar-refractivity contribution in [3.63, 3.8) is 0 Å². The summed E-state index contributed by atoms with van der Waals surface area (Å²) in [5, 5.41) is 5.23. The van der Waals surface area contributed by atoms with Gasteiger partial charge in [0.05, 0.1) is 3.79 Å². The fourth-order valence-corrected chi connectivity index (χ4v) is 3.78. The van der Waals surface area contributed by atoms with Crippen LogP contribution in [0.2, 0.25) is 0 Å². The molecular weight excluding hydrogens is 342 g/mol. The molecule has 0 spiro atoms. The second-order valence-corrected chi connectivity index (χ2v) is 7.56. The summed E-state index contributed by atoms with van der Waals surface area (Å²) in [6.45, 7) is 1.56. The average molecular weight is 358 g/mol. The van der Waals surface area contributed by atoms with Crippen LogP contribution in [0.3, 0.4) is 0 Å². The fraction of sp³-hybridized carbons (Fsp3) is 0.308. The molecule has 0 bridgehead atoms. The van der Waals surface area contributed by atoms with Crippen molar-refractivity contribution in [1.29, 1.82) is 0 Å². The Morgan fingerprint density at radius 1 is 1.26 bits per heavy atom. The summed E-state index contributed by atoms with van der Waals surface area (Å²) < 4.78 is 1.17. The molecule has 2 aromatic heterocycles. The molecule has 2 rings (SSSR count). The van der Waals surface area contributed by atoms with Gasteiger partial charge in [-0.3, -0.25) is 4.99 Å². The van der Waals surface area contributed by atoms with Gasteiger partial charge in [-0.15, -0.1) is 22.7 Å². The molecule has 3 N–H and O–H groups in total. The SMILES string of the molecule is NC(=NCCc1cccs1)NCCc1ccc(Br)s1. The predicted octanol–water partition coefficient (Wildman–Crippen LogP) is 3.26. The first-order valence-electron chi connectivity index (χ1n) is 6.04. The normalized spacial score (nSPS) is 11.7. The topological polar surface area (TPSA) is 50.4 Å². The standard InChI is InChI=1S/C13H16BrN3S2/c14-12-4-3-11(19-12)6-8-17-13(15)16-7-5-10-2-1-9-18-10/h1-4,9H,5-8H2,(H3,15,16,17). The Morgan fingerprint density at radius 3 is 2.84 bits per heavy atom. The van der Waals surface area contributed by atoms with E-state index in [0.29, 0.717) is 5.96 Å². The molecule has 0 fully saturated rings. The van der Waals surface area contributed by atoms with E-state index in [9.17, 15) is 0 Å². The maximum absolute atomic E-state index is 5.82. The van der Waals surface area contributed by atoms with Gasteiger partial charge in [0.25, 0.3) is 0 Å². The van der Waals surface area contributed by atoms with Gasteiger partial charge in [-0.05, 0) is 45.9 Å². The van der Waals surface area contributed by atoms with E-state index in [-0.39, 0.29) is 0 Å². The van der Waals surface area contributed by atoms with Crippen LogP contribution >= 0.6 is 38.6 Å². The zero-order valence-corrected chi connectivity index (χ0v) is 13.7. The van der Waals surface area contributed by atoms with Gasteiger partial charge in [-0.2, -0.15) is 0 Å². The van der Waals surface area contributed by atoms with Crippen LogP contribution in [0.25, 0.3) is 0 Å². The third-order valence-corrected chi connectivity index (χ3v) is 5.15. The molecule has 0 radical (unpaired) electrons. The maximum Gasteiger partial charge on any atom is 0.188 e. The lowest BCUT2D eigenvalue weighted by atomic mass is 10.3. The molecule has 0 aromatic carbocycles. The highest BCUT2D eigenvalue weighted by Gasteiger charge is 1.98. The van der Waals surface area contributed by atoms with Gasteiger partial charge in [0.2, 0.25) is 0 Å². The van der Waals surface area contributed by atoms with E-state index in [2.05, 4.69) is 55.9 Å². The highest BCUT2D eigenvalue weighted by atomic mass is 79.9. The third-order valence-electron chi connectivity index (χ3n) is 2.53. The molecule has 2 heterocycles. The van der Waals surface area contributed by atoms with Crippen LogP contribution in [-0.4, -0.2) is 19.0 Å². The smallest absolute Gasteiger partial charge is 0.188 e. The Labute approximate surface area is 129 Å². The molecule has 3 nitrogen and oxygen atoms in total. The van der Waals surface area contributed by atoms with Crippen molar-refractivity contribution in [2.75, 3.05) is 13.1 Å². The first-order chi connectivity index (χ1) is 9.24. The highest BCUT2D eigenvalue weighted by Crippen LogP contribution is 2.21. The minimum absolute atomic E-state index is 0.534. The number of guanidine groups is 1. The minimum Gasteiger partial charge on any atom is -0.370 e. The second kappa shape index (κ2) is 7.67. The van der Waals surface area contributed by atoms with Crippen molar-refractivity contribution in [3.05, 3.63) is 43.2 Å². The number of aliphatic imine (C=N–C) groups is 1. The Bertz CT molecular complexity index is 520. The molecule has 2 aromatic rings. The molecule has 0 amide bonds. The molecule has 0 atom stereocenters. The number of hydrogen-bond acceptors (Lipinski definition) is 3. The predicted molar refractivity (Wildman–Crippen MR) is 88.2 cm³/mol. The van der Waals surface area contributed by atoms with Crippen molar-refractivity contribution in [2.45, 2.75) is 12.8 Å². The second-order valence-electron chi connectivity index (χ2n) is 3.98. The summed E-state index contributed by atoms with van der Waals surface area (Å²) in [5.74, 6) is 0.534. The van der Waals surface area contributed by atoms with Crippen molar-refractivity contribution >= 4 is 44.6 Å². The minimum atomic E-state index is 0.534. The van der Waals surface area contributed by atoms with E-state index in [0.717, 1.165) is 25.9 Å². The van der Waals surface area contributed by atoms with Gasteiger partial charge in [0.1, 0.15) is 0 Å². The lowest BCUT2D eigenvalue weighted by Crippen LogP contribution is -2.33. The van der Waals surface area contributed by atoms with Crippen molar-refractivity contribution in [3.8, 4) is 0 Å². The maximum atomic E-state index is 5.82. The Kier molecular flexibility index (Phi) is 5.88. The number of nitrogens with zero attached hydrogens (tertiary/aromatic N) is 1. The lowest BCUT2D eigenvalue weighted by Gasteiger charge is -2.04. The third kappa shape index (κ3) is 5.34. The number of thiophene rings is 2. The van der Waals surface area contributed by atoms with E-state index < -0.39 is 0 Å². The van der Waals surface area contributed by atoms with Gasteiger partial charge < -0.3 is 11.1 Å². The largest absolute Gasteiger partial charge is 0.370 e. The summed E-state index contributed by atoms with van der Waals surface area (Å²) in [5.41, 5.74) is 5.82. The van der Waals surface area contributed by atoms with E-state index in [1.807, 2.05) is 0 Å². The molecule has 0 aliphatic carbocycles. The highest BCUT2D eigenvalue weighted by molar-refractivity contribution is 9.11. The van der Waals surface area contributed by atoms with Gasteiger partial charge in [0, 0.05) is 29.3 Å².